The molecule has 0 atom stereocenters. The minimum absolute atomic E-state index is 0.244. The second kappa shape index (κ2) is 8.00. The second-order valence-electron chi connectivity index (χ2n) is 9.10. The summed E-state index contributed by atoms with van der Waals surface area (Å²) < 4.78 is 11.6. The van der Waals surface area contributed by atoms with Crippen LogP contribution >= 0.6 is 0 Å². The summed E-state index contributed by atoms with van der Waals surface area (Å²) in [5.41, 5.74) is 1.39. The topological polar surface area (TPSA) is 64.6 Å². The maximum Gasteiger partial charge on any atom is 0.410 e. The van der Waals surface area contributed by atoms with E-state index in [9.17, 15) is 4.79 Å². The molecule has 1 fully saturated rings. The van der Waals surface area contributed by atoms with Gasteiger partial charge in [-0.25, -0.2) is 14.8 Å². The first-order chi connectivity index (χ1) is 12.4. The van der Waals surface area contributed by atoms with Crippen LogP contribution in [0.25, 0.3) is 5.76 Å². The predicted molar refractivity (Wildman–Crippen MR) is 110 cm³/mol. The lowest BCUT2D eigenvalue weighted by Crippen LogP contribution is -2.41. The van der Waals surface area contributed by atoms with Gasteiger partial charge in [0.05, 0.1) is 11.3 Å². The van der Waals surface area contributed by atoms with Crippen LogP contribution in [0.15, 0.2) is 12.8 Å². The summed E-state index contributed by atoms with van der Waals surface area (Å²) in [5, 5.41) is 0. The average Bonchev–Trinajstić information content (AvgIpc) is 2.51. The first-order valence-electron chi connectivity index (χ1n) is 9.55. The van der Waals surface area contributed by atoms with E-state index in [0.717, 1.165) is 29.9 Å². The highest BCUT2D eigenvalue weighted by Gasteiger charge is 2.30. The second-order valence-corrected chi connectivity index (χ2v) is 13.5. The zero-order valence-corrected chi connectivity index (χ0v) is 18.8. The number of likely N-dealkylation sites (tertiary alicyclic amines) is 1. The quantitative estimate of drug-likeness (QED) is 0.549. The number of piperidine rings is 1. The number of carbonyl (C=O) groups is 1. The first kappa shape index (κ1) is 21.4. The van der Waals surface area contributed by atoms with Gasteiger partial charge in [0.1, 0.15) is 17.2 Å². The lowest BCUT2D eigenvalue weighted by molar-refractivity contribution is 0.0204. The van der Waals surface area contributed by atoms with Crippen LogP contribution < -0.4 is 0 Å². The number of carbonyl (C=O) groups excluding carboxylic acids is 1. The average molecular weight is 392 g/mol. The SMILES string of the molecule is C=C(O[Si](C)(C)C)c1cnc(C)nc1C1CCN(C(=O)OC(C)(C)C)CC1. The zero-order valence-electron chi connectivity index (χ0n) is 17.8. The van der Waals surface area contributed by atoms with Gasteiger partial charge in [0.2, 0.25) is 8.32 Å². The number of aromatic nitrogens is 2. The van der Waals surface area contributed by atoms with Crippen molar-refractivity contribution < 1.29 is 14.0 Å². The maximum atomic E-state index is 12.3. The van der Waals surface area contributed by atoms with Gasteiger partial charge in [-0.3, -0.25) is 0 Å². The normalized spacial score (nSPS) is 16.2. The molecule has 1 saturated heterocycles. The molecular weight excluding hydrogens is 358 g/mol. The minimum Gasteiger partial charge on any atom is -0.544 e. The summed E-state index contributed by atoms with van der Waals surface area (Å²) in [6, 6.07) is 0. The molecule has 7 heteroatoms. The van der Waals surface area contributed by atoms with Crippen molar-refractivity contribution in [1.82, 2.24) is 14.9 Å². The molecule has 0 radical (unpaired) electrons. The Hall–Kier alpha value is -1.89. The van der Waals surface area contributed by atoms with Crippen LogP contribution in [0.3, 0.4) is 0 Å². The van der Waals surface area contributed by atoms with Crippen molar-refractivity contribution in [2.75, 3.05) is 13.1 Å². The lowest BCUT2D eigenvalue weighted by Gasteiger charge is -2.34. The third kappa shape index (κ3) is 6.34. The van der Waals surface area contributed by atoms with E-state index in [1.165, 1.54) is 0 Å². The number of aryl methyl sites for hydroxylation is 1. The van der Waals surface area contributed by atoms with E-state index in [0.29, 0.717) is 18.8 Å². The molecule has 2 rings (SSSR count). The number of nitrogens with zero attached hydrogens (tertiary/aromatic N) is 3. The molecule has 0 N–H and O–H groups in total. The van der Waals surface area contributed by atoms with E-state index < -0.39 is 13.9 Å². The van der Waals surface area contributed by atoms with Gasteiger partial charge in [-0.2, -0.15) is 0 Å². The van der Waals surface area contributed by atoms with Gasteiger partial charge in [-0.15, -0.1) is 0 Å². The molecule has 0 aliphatic carbocycles. The van der Waals surface area contributed by atoms with Gasteiger partial charge in [-0.1, -0.05) is 6.58 Å². The fourth-order valence-electron chi connectivity index (χ4n) is 3.10. The van der Waals surface area contributed by atoms with Crippen LogP contribution in [0.1, 0.15) is 56.6 Å². The van der Waals surface area contributed by atoms with Gasteiger partial charge in [0.15, 0.2) is 0 Å². The van der Waals surface area contributed by atoms with Crippen molar-refractivity contribution >= 4 is 20.2 Å². The van der Waals surface area contributed by atoms with Gasteiger partial charge < -0.3 is 14.1 Å². The molecule has 1 aliphatic rings. The predicted octanol–water partition coefficient (Wildman–Crippen LogP) is 4.72. The maximum absolute atomic E-state index is 12.3. The van der Waals surface area contributed by atoms with Crippen molar-refractivity contribution in [3.8, 4) is 0 Å². The molecule has 2 heterocycles. The Morgan fingerprint density at radius 2 is 1.85 bits per heavy atom. The van der Waals surface area contributed by atoms with Crippen LogP contribution in [0.5, 0.6) is 0 Å². The summed E-state index contributed by atoms with van der Waals surface area (Å²) >= 11 is 0. The molecule has 6 nitrogen and oxygen atoms in total. The smallest absolute Gasteiger partial charge is 0.410 e. The van der Waals surface area contributed by atoms with E-state index >= 15 is 0 Å². The van der Waals surface area contributed by atoms with Crippen molar-refractivity contribution in [1.29, 1.82) is 0 Å². The Labute approximate surface area is 164 Å². The summed E-state index contributed by atoms with van der Waals surface area (Å²) in [6.45, 7) is 19.4. The summed E-state index contributed by atoms with van der Waals surface area (Å²) in [5.74, 6) is 1.64. The standard InChI is InChI=1S/C20H33N3O3Si/c1-14(26-27(6,7)8)17-13-21-15(2)22-18(17)16-9-11-23(12-10-16)19(24)25-20(3,4)5/h13,16H,1,9-12H2,2-8H3. The van der Waals surface area contributed by atoms with Crippen LogP contribution in [-0.2, 0) is 9.16 Å². The van der Waals surface area contributed by atoms with E-state index in [2.05, 4.69) is 31.2 Å². The van der Waals surface area contributed by atoms with Crippen molar-refractivity contribution in [3.05, 3.63) is 29.9 Å². The molecule has 150 valence electrons. The van der Waals surface area contributed by atoms with E-state index in [-0.39, 0.29) is 12.0 Å². The molecular formula is C20H33N3O3Si. The Balaban J connectivity index is 2.12. The molecule has 0 bridgehead atoms. The Morgan fingerprint density at radius 1 is 1.26 bits per heavy atom. The molecule has 0 aromatic carbocycles. The highest BCUT2D eigenvalue weighted by Crippen LogP contribution is 2.33. The summed E-state index contributed by atoms with van der Waals surface area (Å²) in [4.78, 5) is 23.1. The van der Waals surface area contributed by atoms with Gasteiger partial charge in [-0.05, 0) is 60.2 Å². The van der Waals surface area contributed by atoms with E-state index in [4.69, 9.17) is 14.1 Å². The fourth-order valence-corrected chi connectivity index (χ4v) is 3.95. The fraction of sp³-hybridized carbons (Fsp3) is 0.650. The van der Waals surface area contributed by atoms with Crippen molar-refractivity contribution in [2.45, 2.75) is 71.7 Å². The Bertz CT molecular complexity index is 699. The largest absolute Gasteiger partial charge is 0.544 e. The number of amides is 1. The van der Waals surface area contributed by atoms with Crippen molar-refractivity contribution in [3.63, 3.8) is 0 Å². The van der Waals surface area contributed by atoms with Crippen molar-refractivity contribution in [2.24, 2.45) is 0 Å². The number of hydrogen-bond donors (Lipinski definition) is 0. The van der Waals surface area contributed by atoms with Crippen LogP contribution in [-0.4, -0.2) is 48.0 Å². The monoisotopic (exact) mass is 391 g/mol. The highest BCUT2D eigenvalue weighted by molar-refractivity contribution is 6.70. The number of hydrogen-bond acceptors (Lipinski definition) is 5. The van der Waals surface area contributed by atoms with E-state index in [1.54, 1.807) is 4.90 Å². The molecule has 1 amide bonds. The Morgan fingerprint density at radius 3 is 2.37 bits per heavy atom. The Kier molecular flexibility index (Phi) is 6.34. The van der Waals surface area contributed by atoms with Gasteiger partial charge in [0, 0.05) is 25.2 Å². The highest BCUT2D eigenvalue weighted by atomic mass is 28.4. The molecule has 0 spiro atoms. The number of ether oxygens (including phenoxy) is 1. The molecule has 27 heavy (non-hydrogen) atoms. The summed E-state index contributed by atoms with van der Waals surface area (Å²) in [6.07, 6.45) is 3.25. The minimum atomic E-state index is -1.76. The molecule has 0 saturated carbocycles. The van der Waals surface area contributed by atoms with Crippen LogP contribution in [0.4, 0.5) is 4.79 Å². The first-order valence-corrected chi connectivity index (χ1v) is 13.0. The zero-order chi connectivity index (χ0) is 20.4. The molecule has 1 aromatic rings. The van der Waals surface area contributed by atoms with Gasteiger partial charge >= 0.3 is 6.09 Å². The molecule has 1 aliphatic heterocycles. The van der Waals surface area contributed by atoms with Crippen LogP contribution in [0, 0.1) is 6.92 Å². The van der Waals surface area contributed by atoms with E-state index in [1.807, 2.05) is 33.9 Å². The lowest BCUT2D eigenvalue weighted by atomic mass is 9.90. The number of rotatable bonds is 4. The summed E-state index contributed by atoms with van der Waals surface area (Å²) in [7, 11) is -1.76. The third-order valence-electron chi connectivity index (χ3n) is 4.20. The van der Waals surface area contributed by atoms with Crippen LogP contribution in [0.2, 0.25) is 19.6 Å². The molecule has 1 aromatic heterocycles. The molecule has 0 unspecified atom stereocenters. The third-order valence-corrected chi connectivity index (χ3v) is 5.06. The van der Waals surface area contributed by atoms with Gasteiger partial charge in [0.25, 0.3) is 0 Å².